The van der Waals surface area contributed by atoms with Gasteiger partial charge in [0.05, 0.1) is 6.61 Å². The summed E-state index contributed by atoms with van der Waals surface area (Å²) in [7, 11) is 0. The van der Waals surface area contributed by atoms with Crippen LogP contribution in [-0.2, 0) is 6.54 Å². The van der Waals surface area contributed by atoms with Crippen LogP contribution in [0.15, 0.2) is 30.3 Å². The normalized spacial score (nSPS) is 19.5. The van der Waals surface area contributed by atoms with E-state index in [2.05, 4.69) is 47.5 Å². The van der Waals surface area contributed by atoms with E-state index in [1.807, 2.05) is 0 Å². The highest BCUT2D eigenvalue weighted by Crippen LogP contribution is 2.14. The molecule has 2 N–H and O–H groups in total. The Morgan fingerprint density at radius 3 is 2.53 bits per heavy atom. The number of hydrogen-bond acceptors (Lipinski definition) is 3. The van der Waals surface area contributed by atoms with Gasteiger partial charge in [-0.15, -0.1) is 0 Å². The van der Waals surface area contributed by atoms with Crippen molar-refractivity contribution in [3.05, 3.63) is 35.9 Å². The minimum Gasteiger partial charge on any atom is -0.395 e. The summed E-state index contributed by atoms with van der Waals surface area (Å²) in [5.74, 6) is 0. The lowest BCUT2D eigenvalue weighted by atomic mass is 10.0. The molecule has 1 atom stereocenters. The SMILES string of the molecule is CCC(CO)NC1CCN(Cc2ccccc2)CC1. The van der Waals surface area contributed by atoms with E-state index < -0.39 is 0 Å². The summed E-state index contributed by atoms with van der Waals surface area (Å²) >= 11 is 0. The molecule has 3 nitrogen and oxygen atoms in total. The van der Waals surface area contributed by atoms with Gasteiger partial charge in [-0.3, -0.25) is 4.90 Å². The molecule has 0 radical (unpaired) electrons. The number of aliphatic hydroxyl groups is 1. The molecule has 0 saturated carbocycles. The average Bonchev–Trinajstić information content (AvgIpc) is 2.47. The van der Waals surface area contributed by atoms with E-state index in [0.717, 1.165) is 26.1 Å². The molecule has 0 amide bonds. The van der Waals surface area contributed by atoms with E-state index in [1.54, 1.807) is 0 Å². The summed E-state index contributed by atoms with van der Waals surface area (Å²) in [4.78, 5) is 2.52. The second-order valence-corrected chi connectivity index (χ2v) is 5.49. The molecule has 1 aliphatic rings. The first-order chi connectivity index (χ1) is 9.31. The largest absolute Gasteiger partial charge is 0.395 e. The maximum absolute atomic E-state index is 9.23. The number of benzene rings is 1. The zero-order chi connectivity index (χ0) is 13.5. The highest BCUT2D eigenvalue weighted by Gasteiger charge is 2.20. The van der Waals surface area contributed by atoms with E-state index in [9.17, 15) is 5.11 Å². The predicted octanol–water partition coefficient (Wildman–Crippen LogP) is 2.01. The second kappa shape index (κ2) is 7.63. The van der Waals surface area contributed by atoms with E-state index in [0.29, 0.717) is 6.04 Å². The molecule has 1 aromatic rings. The van der Waals surface area contributed by atoms with Crippen LogP contribution in [0.5, 0.6) is 0 Å². The number of nitrogens with one attached hydrogen (secondary N) is 1. The van der Waals surface area contributed by atoms with Crippen molar-refractivity contribution < 1.29 is 5.11 Å². The summed E-state index contributed by atoms with van der Waals surface area (Å²) < 4.78 is 0. The summed E-state index contributed by atoms with van der Waals surface area (Å²) in [6.45, 7) is 5.73. The van der Waals surface area contributed by atoms with E-state index in [1.165, 1.54) is 18.4 Å². The predicted molar refractivity (Wildman–Crippen MR) is 79.0 cm³/mol. The van der Waals surface area contributed by atoms with Crippen molar-refractivity contribution in [2.24, 2.45) is 0 Å². The molecule has 0 aliphatic carbocycles. The van der Waals surface area contributed by atoms with Gasteiger partial charge in [0, 0.05) is 18.6 Å². The van der Waals surface area contributed by atoms with Crippen LogP contribution in [0.1, 0.15) is 31.7 Å². The number of hydrogen-bond donors (Lipinski definition) is 2. The first-order valence-corrected chi connectivity index (χ1v) is 7.45. The Balaban J connectivity index is 1.73. The van der Waals surface area contributed by atoms with Gasteiger partial charge in [-0.05, 0) is 37.9 Å². The maximum atomic E-state index is 9.23. The Hall–Kier alpha value is -0.900. The van der Waals surface area contributed by atoms with E-state index >= 15 is 0 Å². The fourth-order valence-electron chi connectivity index (χ4n) is 2.73. The molecule has 106 valence electrons. The van der Waals surface area contributed by atoms with Crippen molar-refractivity contribution in [3.63, 3.8) is 0 Å². The van der Waals surface area contributed by atoms with Crippen LogP contribution >= 0.6 is 0 Å². The number of nitrogens with zero attached hydrogens (tertiary/aromatic N) is 1. The fraction of sp³-hybridized carbons (Fsp3) is 0.625. The van der Waals surface area contributed by atoms with Crippen LogP contribution in [-0.4, -0.2) is 41.8 Å². The van der Waals surface area contributed by atoms with Crippen LogP contribution in [0.2, 0.25) is 0 Å². The van der Waals surface area contributed by atoms with Gasteiger partial charge in [0.15, 0.2) is 0 Å². The molecule has 1 aromatic carbocycles. The summed E-state index contributed by atoms with van der Waals surface area (Å²) in [6.07, 6.45) is 3.37. The van der Waals surface area contributed by atoms with Gasteiger partial charge in [0.2, 0.25) is 0 Å². The van der Waals surface area contributed by atoms with Crippen molar-refractivity contribution in [1.29, 1.82) is 0 Å². The van der Waals surface area contributed by atoms with Crippen LogP contribution in [0, 0.1) is 0 Å². The third kappa shape index (κ3) is 4.60. The van der Waals surface area contributed by atoms with Crippen LogP contribution in [0.3, 0.4) is 0 Å². The Morgan fingerprint density at radius 1 is 1.26 bits per heavy atom. The van der Waals surface area contributed by atoms with Crippen LogP contribution < -0.4 is 5.32 Å². The fourth-order valence-corrected chi connectivity index (χ4v) is 2.73. The van der Waals surface area contributed by atoms with Gasteiger partial charge >= 0.3 is 0 Å². The standard InChI is InChI=1S/C16H26N2O/c1-2-15(13-19)17-16-8-10-18(11-9-16)12-14-6-4-3-5-7-14/h3-7,15-17,19H,2,8-13H2,1H3. The van der Waals surface area contributed by atoms with Gasteiger partial charge in [-0.25, -0.2) is 0 Å². The lowest BCUT2D eigenvalue weighted by Gasteiger charge is -2.34. The molecule has 2 rings (SSSR count). The Kier molecular flexibility index (Phi) is 5.83. The molecule has 3 heteroatoms. The minimum atomic E-state index is 0.251. The summed E-state index contributed by atoms with van der Waals surface area (Å²) in [5, 5.41) is 12.8. The van der Waals surface area contributed by atoms with E-state index in [4.69, 9.17) is 0 Å². The molecule has 1 aliphatic heterocycles. The zero-order valence-corrected chi connectivity index (χ0v) is 11.9. The smallest absolute Gasteiger partial charge is 0.0584 e. The molecule has 1 unspecified atom stereocenters. The van der Waals surface area contributed by atoms with Crippen LogP contribution in [0.4, 0.5) is 0 Å². The second-order valence-electron chi connectivity index (χ2n) is 5.49. The molecule has 19 heavy (non-hydrogen) atoms. The van der Waals surface area contributed by atoms with Crippen LogP contribution in [0.25, 0.3) is 0 Å². The number of aliphatic hydroxyl groups excluding tert-OH is 1. The minimum absolute atomic E-state index is 0.251. The molecule has 1 fully saturated rings. The zero-order valence-electron chi connectivity index (χ0n) is 11.9. The quantitative estimate of drug-likeness (QED) is 0.823. The molecular formula is C16H26N2O. The van der Waals surface area contributed by atoms with Gasteiger partial charge in [0.25, 0.3) is 0 Å². The highest BCUT2D eigenvalue weighted by atomic mass is 16.3. The lowest BCUT2D eigenvalue weighted by Crippen LogP contribution is -2.46. The number of piperidine rings is 1. The Bertz CT molecular complexity index is 343. The first kappa shape index (κ1) is 14.5. The Morgan fingerprint density at radius 2 is 1.95 bits per heavy atom. The maximum Gasteiger partial charge on any atom is 0.0584 e. The molecule has 1 heterocycles. The van der Waals surface area contributed by atoms with Gasteiger partial charge in [-0.2, -0.15) is 0 Å². The third-order valence-corrected chi connectivity index (χ3v) is 4.02. The van der Waals surface area contributed by atoms with Crippen molar-refractivity contribution in [3.8, 4) is 0 Å². The third-order valence-electron chi connectivity index (χ3n) is 4.02. The molecule has 0 spiro atoms. The van der Waals surface area contributed by atoms with E-state index in [-0.39, 0.29) is 12.6 Å². The summed E-state index contributed by atoms with van der Waals surface area (Å²) in [5.41, 5.74) is 1.40. The van der Waals surface area contributed by atoms with Crippen molar-refractivity contribution in [2.45, 2.75) is 44.8 Å². The average molecular weight is 262 g/mol. The lowest BCUT2D eigenvalue weighted by molar-refractivity contribution is 0.165. The molecular weight excluding hydrogens is 236 g/mol. The molecule has 0 bridgehead atoms. The molecule has 1 saturated heterocycles. The first-order valence-electron chi connectivity index (χ1n) is 7.45. The number of likely N-dealkylation sites (tertiary alicyclic amines) is 1. The topological polar surface area (TPSA) is 35.5 Å². The van der Waals surface area contributed by atoms with Gasteiger partial charge in [0.1, 0.15) is 0 Å². The van der Waals surface area contributed by atoms with Gasteiger partial charge in [-0.1, -0.05) is 37.3 Å². The monoisotopic (exact) mass is 262 g/mol. The highest BCUT2D eigenvalue weighted by molar-refractivity contribution is 5.14. The van der Waals surface area contributed by atoms with Crippen molar-refractivity contribution >= 4 is 0 Å². The van der Waals surface area contributed by atoms with Crippen molar-refractivity contribution in [1.82, 2.24) is 10.2 Å². The Labute approximate surface area is 116 Å². The van der Waals surface area contributed by atoms with Gasteiger partial charge < -0.3 is 10.4 Å². The summed E-state index contributed by atoms with van der Waals surface area (Å²) in [6, 6.07) is 11.5. The number of rotatable bonds is 6. The molecule has 0 aromatic heterocycles. The van der Waals surface area contributed by atoms with Crippen molar-refractivity contribution in [2.75, 3.05) is 19.7 Å².